The average molecular weight is 670 g/mol. The van der Waals surface area contributed by atoms with Crippen molar-refractivity contribution in [2.45, 2.75) is 38.0 Å². The molecule has 1 fully saturated rings. The van der Waals surface area contributed by atoms with E-state index in [1.807, 2.05) is 0 Å². The van der Waals surface area contributed by atoms with Gasteiger partial charge in [-0.15, -0.1) is 4.99 Å². The van der Waals surface area contributed by atoms with Gasteiger partial charge in [0.05, 0.1) is 28.9 Å². The second-order valence-corrected chi connectivity index (χ2v) is 9.69. The number of non-ortho nitro benzene ring substituents is 2. The van der Waals surface area contributed by atoms with E-state index in [1.165, 1.54) is 24.3 Å². The number of nitro benzene ring substituents is 2. The highest BCUT2D eigenvalue weighted by atomic mass is 19.4. The molecule has 18 nitrogen and oxygen atoms in total. The summed E-state index contributed by atoms with van der Waals surface area (Å²) >= 11 is 0. The molecule has 1 saturated heterocycles. The van der Waals surface area contributed by atoms with E-state index in [4.69, 9.17) is 15.2 Å². The van der Waals surface area contributed by atoms with Crippen molar-refractivity contribution in [3.63, 3.8) is 0 Å². The van der Waals surface area contributed by atoms with Gasteiger partial charge in [0.1, 0.15) is 19.3 Å². The van der Waals surface area contributed by atoms with Crippen LogP contribution >= 0.6 is 0 Å². The van der Waals surface area contributed by atoms with Gasteiger partial charge in [-0.2, -0.15) is 13.2 Å². The number of nitro groups is 2. The van der Waals surface area contributed by atoms with Crippen molar-refractivity contribution in [1.29, 1.82) is 0 Å². The van der Waals surface area contributed by atoms with Gasteiger partial charge < -0.3 is 30.6 Å². The largest absolute Gasteiger partial charge is 0.490 e. The highest BCUT2D eigenvalue weighted by Gasteiger charge is 2.43. The third-order valence-corrected chi connectivity index (χ3v) is 6.17. The summed E-state index contributed by atoms with van der Waals surface area (Å²) in [5.74, 6) is -4.52. The summed E-state index contributed by atoms with van der Waals surface area (Å²) < 4.78 is 53.6. The number of benzene rings is 2. The summed E-state index contributed by atoms with van der Waals surface area (Å²) in [4.78, 5) is 73.7. The number of halogens is 3. The standard InChI is InChI=1S/C26H26F3N7O11/c27-26(28,29)22(38)47-20(9-21(37)32-17-10-31-11-17)12-34(25(40)46-14-16-3-7-19(8-4-16)36(43)44)23(30)33-24(39)45-13-15-1-5-18(6-2-15)35(41)42/h1-8,17,20,31H,9-14H2,(H,32,37)(H2,30,33,39). The summed E-state index contributed by atoms with van der Waals surface area (Å²) in [6, 6.07) is 9.22. The van der Waals surface area contributed by atoms with Crippen molar-refractivity contribution in [3.05, 3.63) is 79.9 Å². The first kappa shape index (κ1) is 35.6. The Morgan fingerprint density at radius 3 is 1.91 bits per heavy atom. The van der Waals surface area contributed by atoms with Crippen LogP contribution < -0.4 is 16.4 Å². The minimum atomic E-state index is -5.48. The van der Waals surface area contributed by atoms with Crippen LogP contribution in [-0.2, 0) is 37.0 Å². The number of carbonyl (C=O) groups is 4. The number of carbonyl (C=O) groups excluding carboxylic acids is 4. The van der Waals surface area contributed by atoms with Crippen molar-refractivity contribution in [2.75, 3.05) is 19.6 Å². The summed E-state index contributed by atoms with van der Waals surface area (Å²) in [6.45, 7) is -1.31. The van der Waals surface area contributed by atoms with Crippen LogP contribution in [0.3, 0.4) is 0 Å². The number of ether oxygens (including phenoxy) is 3. The van der Waals surface area contributed by atoms with Crippen LogP contribution in [0, 0.1) is 20.2 Å². The molecule has 1 aliphatic heterocycles. The van der Waals surface area contributed by atoms with Crippen LogP contribution in [0.25, 0.3) is 0 Å². The smallest absolute Gasteiger partial charge is 0.453 e. The molecule has 0 aromatic heterocycles. The van der Waals surface area contributed by atoms with E-state index in [0.29, 0.717) is 23.6 Å². The lowest BCUT2D eigenvalue weighted by Gasteiger charge is -2.29. The fourth-order valence-electron chi connectivity index (χ4n) is 3.69. The van der Waals surface area contributed by atoms with Crippen molar-refractivity contribution >= 4 is 41.4 Å². The van der Waals surface area contributed by atoms with E-state index in [1.54, 1.807) is 0 Å². The Morgan fingerprint density at radius 1 is 0.957 bits per heavy atom. The molecule has 0 aliphatic carbocycles. The number of nitrogens with zero attached hydrogens (tertiary/aromatic N) is 4. The van der Waals surface area contributed by atoms with E-state index in [2.05, 4.69) is 20.4 Å². The van der Waals surface area contributed by atoms with Gasteiger partial charge in [0.15, 0.2) is 0 Å². The third-order valence-electron chi connectivity index (χ3n) is 6.17. The maximum absolute atomic E-state index is 13.1. The van der Waals surface area contributed by atoms with Crippen LogP contribution in [0.2, 0.25) is 0 Å². The molecule has 252 valence electrons. The molecule has 1 atom stereocenters. The van der Waals surface area contributed by atoms with Crippen LogP contribution in [-0.4, -0.2) is 82.7 Å². The Balaban J connectivity index is 1.80. The van der Waals surface area contributed by atoms with E-state index < -0.39 is 78.3 Å². The first-order chi connectivity index (χ1) is 22.1. The van der Waals surface area contributed by atoms with Crippen molar-refractivity contribution in [1.82, 2.24) is 15.5 Å². The number of guanidine groups is 1. The SMILES string of the molecule is NC(=NC(=O)OCc1ccc([N+](=O)[O-])cc1)N(CC(CC(=O)NC1CNC1)OC(=O)C(F)(F)F)C(=O)OCc1ccc([N+](=O)[O-])cc1. The van der Waals surface area contributed by atoms with Gasteiger partial charge in [-0.1, -0.05) is 0 Å². The first-order valence-corrected chi connectivity index (χ1v) is 13.3. The molecule has 2 aromatic carbocycles. The van der Waals surface area contributed by atoms with Gasteiger partial charge in [-0.3, -0.25) is 25.0 Å². The van der Waals surface area contributed by atoms with E-state index >= 15 is 0 Å². The molecule has 3 amide bonds. The van der Waals surface area contributed by atoms with Crippen molar-refractivity contribution < 1.29 is 56.4 Å². The molecule has 1 unspecified atom stereocenters. The Labute approximate surface area is 261 Å². The molecular weight excluding hydrogens is 643 g/mol. The monoisotopic (exact) mass is 669 g/mol. The first-order valence-electron chi connectivity index (χ1n) is 13.3. The molecule has 21 heteroatoms. The topological polar surface area (TPSA) is 248 Å². The van der Waals surface area contributed by atoms with Crippen LogP contribution in [0.4, 0.5) is 34.1 Å². The molecule has 1 aliphatic rings. The maximum Gasteiger partial charge on any atom is 0.490 e. The van der Waals surface area contributed by atoms with Crippen LogP contribution in [0.1, 0.15) is 17.5 Å². The molecule has 0 radical (unpaired) electrons. The number of esters is 1. The predicted molar refractivity (Wildman–Crippen MR) is 150 cm³/mol. The minimum absolute atomic E-state index is 0.232. The highest BCUT2D eigenvalue weighted by molar-refractivity contribution is 5.98. The van der Waals surface area contributed by atoms with Crippen LogP contribution in [0.15, 0.2) is 53.5 Å². The number of aliphatic imine (C=N–C) groups is 1. The molecule has 0 bridgehead atoms. The second kappa shape index (κ2) is 15.9. The Morgan fingerprint density at radius 2 is 1.47 bits per heavy atom. The summed E-state index contributed by atoms with van der Waals surface area (Å²) in [5, 5.41) is 27.0. The number of hydrogen-bond donors (Lipinski definition) is 3. The summed E-state index contributed by atoms with van der Waals surface area (Å²) in [7, 11) is 0. The molecule has 3 rings (SSSR count). The maximum atomic E-state index is 13.1. The number of nitrogens with one attached hydrogen (secondary N) is 2. The van der Waals surface area contributed by atoms with Crippen molar-refractivity contribution in [2.24, 2.45) is 10.7 Å². The van der Waals surface area contributed by atoms with Gasteiger partial charge in [0.25, 0.3) is 11.4 Å². The van der Waals surface area contributed by atoms with Gasteiger partial charge in [0.2, 0.25) is 11.9 Å². The normalized spacial score (nSPS) is 13.8. The summed E-state index contributed by atoms with van der Waals surface area (Å²) in [6.07, 6.45) is -11.2. The summed E-state index contributed by atoms with van der Waals surface area (Å²) in [5.41, 5.74) is 5.85. The zero-order valence-corrected chi connectivity index (χ0v) is 24.0. The van der Waals surface area contributed by atoms with Gasteiger partial charge in [-0.25, -0.2) is 19.3 Å². The van der Waals surface area contributed by atoms with Crippen LogP contribution in [0.5, 0.6) is 0 Å². The van der Waals surface area contributed by atoms with Gasteiger partial charge in [-0.05, 0) is 35.4 Å². The molecule has 47 heavy (non-hydrogen) atoms. The average Bonchev–Trinajstić information content (AvgIpc) is 2.99. The molecule has 2 aromatic rings. The van der Waals surface area contributed by atoms with E-state index in [0.717, 1.165) is 24.3 Å². The minimum Gasteiger partial charge on any atom is -0.453 e. The number of rotatable bonds is 12. The third kappa shape index (κ3) is 11.2. The Bertz CT molecular complexity index is 1520. The quantitative estimate of drug-likeness (QED) is 0.0732. The highest BCUT2D eigenvalue weighted by Crippen LogP contribution is 2.20. The van der Waals surface area contributed by atoms with E-state index in [9.17, 15) is 52.6 Å². The lowest BCUT2D eigenvalue weighted by atomic mass is 10.1. The molecular formula is C26H26F3N7O11. The fourth-order valence-corrected chi connectivity index (χ4v) is 3.69. The zero-order valence-electron chi connectivity index (χ0n) is 24.0. The predicted octanol–water partition coefficient (Wildman–Crippen LogP) is 2.05. The lowest BCUT2D eigenvalue weighted by molar-refractivity contribution is -0.385. The number of nitrogens with two attached hydrogens (primary N) is 1. The van der Waals surface area contributed by atoms with Gasteiger partial charge >= 0.3 is 24.3 Å². The number of amides is 3. The van der Waals surface area contributed by atoms with Crippen molar-refractivity contribution in [3.8, 4) is 0 Å². The van der Waals surface area contributed by atoms with Gasteiger partial charge in [0, 0.05) is 37.4 Å². The zero-order chi connectivity index (χ0) is 34.7. The molecule has 4 N–H and O–H groups in total. The molecule has 1 heterocycles. The Hall–Kier alpha value is -5.86. The molecule has 0 saturated carbocycles. The second-order valence-electron chi connectivity index (χ2n) is 9.69. The van der Waals surface area contributed by atoms with E-state index in [-0.39, 0.29) is 23.0 Å². The number of alkyl halides is 3. The lowest BCUT2D eigenvalue weighted by Crippen LogP contribution is -2.57. The number of hydrogen-bond acceptors (Lipinski definition) is 12. The molecule has 0 spiro atoms. The Kier molecular flexibility index (Phi) is 12.1. The fraction of sp³-hybridized carbons (Fsp3) is 0.346.